The summed E-state index contributed by atoms with van der Waals surface area (Å²) >= 11 is 0. The van der Waals surface area contributed by atoms with E-state index in [2.05, 4.69) is 4.98 Å². The van der Waals surface area contributed by atoms with Crippen LogP contribution in [0.2, 0.25) is 0 Å². The highest BCUT2D eigenvalue weighted by molar-refractivity contribution is 5.26. The van der Waals surface area contributed by atoms with Crippen LogP contribution in [0.4, 0.5) is 0 Å². The zero-order valence-corrected chi connectivity index (χ0v) is 5.78. The first-order chi connectivity index (χ1) is 5.36. The molecule has 1 aromatic rings. The predicted octanol–water partition coefficient (Wildman–Crippen LogP) is 1.02. The van der Waals surface area contributed by atoms with Crippen LogP contribution in [0.25, 0.3) is 0 Å². The molecular formula is C8H5N3. The normalized spacial score (nSPS) is 8.18. The van der Waals surface area contributed by atoms with E-state index in [0.29, 0.717) is 12.1 Å². The second-order valence-corrected chi connectivity index (χ2v) is 2.00. The maximum absolute atomic E-state index is 8.43. The van der Waals surface area contributed by atoms with Crippen LogP contribution in [0.3, 0.4) is 0 Å². The molecule has 0 N–H and O–H groups in total. The Bertz CT molecular complexity index is 330. The summed E-state index contributed by atoms with van der Waals surface area (Å²) in [6, 6.07) is 7.24. The second-order valence-electron chi connectivity index (χ2n) is 2.00. The minimum absolute atomic E-state index is 0.331. The zero-order valence-electron chi connectivity index (χ0n) is 5.78. The number of rotatable bonds is 1. The molecule has 0 saturated carbocycles. The van der Waals surface area contributed by atoms with E-state index < -0.39 is 0 Å². The second kappa shape index (κ2) is 3.34. The Morgan fingerprint density at radius 3 is 2.91 bits per heavy atom. The fraction of sp³-hybridized carbons (Fsp3) is 0.125. The monoisotopic (exact) mass is 143 g/mol. The standard InChI is InChI=1S/C8H5N3/c9-3-1-7-2-4-11-8(5-7)6-10/h2,4-5H,1H2. The molecule has 0 amide bonds. The predicted molar refractivity (Wildman–Crippen MR) is 38.3 cm³/mol. The van der Waals surface area contributed by atoms with Gasteiger partial charge in [-0.15, -0.1) is 0 Å². The van der Waals surface area contributed by atoms with Crippen molar-refractivity contribution in [1.29, 1.82) is 10.5 Å². The Morgan fingerprint density at radius 1 is 1.45 bits per heavy atom. The lowest BCUT2D eigenvalue weighted by Crippen LogP contribution is -1.85. The van der Waals surface area contributed by atoms with E-state index in [4.69, 9.17) is 10.5 Å². The van der Waals surface area contributed by atoms with Crippen molar-refractivity contribution in [2.75, 3.05) is 0 Å². The molecule has 0 bridgehead atoms. The number of aromatic nitrogens is 1. The molecule has 1 rings (SSSR count). The van der Waals surface area contributed by atoms with Crippen LogP contribution in [0.5, 0.6) is 0 Å². The van der Waals surface area contributed by atoms with Gasteiger partial charge in [0.05, 0.1) is 12.5 Å². The smallest absolute Gasteiger partial charge is 0.140 e. The van der Waals surface area contributed by atoms with Crippen LogP contribution in [0, 0.1) is 22.7 Å². The molecule has 11 heavy (non-hydrogen) atoms. The molecule has 0 aliphatic rings. The molecule has 0 atom stereocenters. The molecule has 0 aliphatic carbocycles. The minimum Gasteiger partial charge on any atom is -0.246 e. The van der Waals surface area contributed by atoms with Crippen LogP contribution in [-0.4, -0.2) is 4.98 Å². The molecule has 3 heteroatoms. The van der Waals surface area contributed by atoms with E-state index >= 15 is 0 Å². The average Bonchev–Trinajstić information content (AvgIpc) is 2.06. The number of nitriles is 2. The molecule has 0 aliphatic heterocycles. The SMILES string of the molecule is N#CCc1ccnc(C#N)c1. The Labute approximate surface area is 64.5 Å². The van der Waals surface area contributed by atoms with Gasteiger partial charge in [-0.25, -0.2) is 4.98 Å². The minimum atomic E-state index is 0.331. The first-order valence-electron chi connectivity index (χ1n) is 3.09. The van der Waals surface area contributed by atoms with E-state index in [-0.39, 0.29) is 0 Å². The molecule has 52 valence electrons. The van der Waals surface area contributed by atoms with Crippen molar-refractivity contribution in [3.05, 3.63) is 29.6 Å². The van der Waals surface area contributed by atoms with Gasteiger partial charge < -0.3 is 0 Å². The van der Waals surface area contributed by atoms with Crippen molar-refractivity contribution in [3.8, 4) is 12.1 Å². The summed E-state index contributed by atoms with van der Waals surface area (Å²) in [7, 11) is 0. The highest BCUT2D eigenvalue weighted by Gasteiger charge is 1.93. The van der Waals surface area contributed by atoms with Crippen LogP contribution in [0.15, 0.2) is 18.3 Å². The molecule has 1 aromatic heterocycles. The summed E-state index contributed by atoms with van der Waals surface area (Å²) in [5.41, 5.74) is 1.19. The van der Waals surface area contributed by atoms with Gasteiger partial charge in [-0.05, 0) is 17.7 Å². The zero-order chi connectivity index (χ0) is 8.10. The number of hydrogen-bond donors (Lipinski definition) is 0. The Hall–Kier alpha value is -1.87. The average molecular weight is 143 g/mol. The van der Waals surface area contributed by atoms with Gasteiger partial charge in [0, 0.05) is 6.20 Å². The van der Waals surface area contributed by atoms with E-state index in [1.54, 1.807) is 12.1 Å². The quantitative estimate of drug-likeness (QED) is 0.589. The van der Waals surface area contributed by atoms with Gasteiger partial charge in [0.1, 0.15) is 11.8 Å². The summed E-state index contributed by atoms with van der Waals surface area (Å²) in [6.07, 6.45) is 1.86. The molecule has 0 unspecified atom stereocenters. The molecule has 3 nitrogen and oxygen atoms in total. The van der Waals surface area contributed by atoms with Gasteiger partial charge in [0.15, 0.2) is 0 Å². The maximum Gasteiger partial charge on any atom is 0.140 e. The lowest BCUT2D eigenvalue weighted by atomic mass is 10.2. The fourth-order valence-electron chi connectivity index (χ4n) is 0.737. The van der Waals surface area contributed by atoms with Crippen molar-refractivity contribution < 1.29 is 0 Å². The van der Waals surface area contributed by atoms with E-state index in [1.165, 1.54) is 6.20 Å². The van der Waals surface area contributed by atoms with Gasteiger partial charge >= 0.3 is 0 Å². The van der Waals surface area contributed by atoms with Gasteiger partial charge in [-0.3, -0.25) is 0 Å². The summed E-state index contributed by atoms with van der Waals surface area (Å²) in [4.78, 5) is 3.77. The van der Waals surface area contributed by atoms with Gasteiger partial charge in [0.25, 0.3) is 0 Å². The van der Waals surface area contributed by atoms with Crippen LogP contribution in [0.1, 0.15) is 11.3 Å². The molecular weight excluding hydrogens is 138 g/mol. The van der Waals surface area contributed by atoms with Crippen molar-refractivity contribution in [2.24, 2.45) is 0 Å². The third kappa shape index (κ3) is 1.77. The molecule has 0 aromatic carbocycles. The largest absolute Gasteiger partial charge is 0.246 e. The van der Waals surface area contributed by atoms with Crippen molar-refractivity contribution in [3.63, 3.8) is 0 Å². The van der Waals surface area contributed by atoms with Crippen molar-refractivity contribution in [1.82, 2.24) is 4.98 Å². The van der Waals surface area contributed by atoms with Crippen LogP contribution < -0.4 is 0 Å². The molecule has 1 heterocycles. The first-order valence-corrected chi connectivity index (χ1v) is 3.09. The van der Waals surface area contributed by atoms with Crippen molar-refractivity contribution >= 4 is 0 Å². The molecule has 0 saturated heterocycles. The number of pyridine rings is 1. The van der Waals surface area contributed by atoms with Crippen LogP contribution >= 0.6 is 0 Å². The number of nitrogens with zero attached hydrogens (tertiary/aromatic N) is 3. The first kappa shape index (κ1) is 7.24. The van der Waals surface area contributed by atoms with Gasteiger partial charge in [-0.1, -0.05) is 0 Å². The molecule has 0 fully saturated rings. The van der Waals surface area contributed by atoms with E-state index in [9.17, 15) is 0 Å². The number of hydrogen-bond acceptors (Lipinski definition) is 3. The Balaban J connectivity index is 2.96. The Kier molecular flexibility index (Phi) is 2.20. The van der Waals surface area contributed by atoms with E-state index in [1.807, 2.05) is 12.1 Å². The topological polar surface area (TPSA) is 60.5 Å². The molecule has 0 spiro atoms. The lowest BCUT2D eigenvalue weighted by Gasteiger charge is -1.91. The Morgan fingerprint density at radius 2 is 2.27 bits per heavy atom. The lowest BCUT2D eigenvalue weighted by molar-refractivity contribution is 1.18. The molecule has 0 radical (unpaired) electrons. The van der Waals surface area contributed by atoms with E-state index in [0.717, 1.165) is 5.56 Å². The highest BCUT2D eigenvalue weighted by atomic mass is 14.7. The van der Waals surface area contributed by atoms with Gasteiger partial charge in [0.2, 0.25) is 0 Å². The summed E-state index contributed by atoms with van der Waals surface area (Å²) in [5.74, 6) is 0. The van der Waals surface area contributed by atoms with Gasteiger partial charge in [-0.2, -0.15) is 10.5 Å². The maximum atomic E-state index is 8.43. The summed E-state index contributed by atoms with van der Waals surface area (Å²) in [5, 5.41) is 16.8. The fourth-order valence-corrected chi connectivity index (χ4v) is 0.737. The third-order valence-electron chi connectivity index (χ3n) is 1.22. The van der Waals surface area contributed by atoms with Crippen molar-refractivity contribution in [2.45, 2.75) is 6.42 Å². The highest BCUT2D eigenvalue weighted by Crippen LogP contribution is 2.00. The van der Waals surface area contributed by atoms with Crippen LogP contribution in [-0.2, 0) is 6.42 Å². The third-order valence-corrected chi connectivity index (χ3v) is 1.22. The summed E-state index contributed by atoms with van der Waals surface area (Å²) < 4.78 is 0. The summed E-state index contributed by atoms with van der Waals surface area (Å²) in [6.45, 7) is 0.